The number of fused-ring (bicyclic) bond motifs is 1. The molecule has 0 aliphatic heterocycles. The first-order chi connectivity index (χ1) is 15.7. The number of aryl methyl sites for hydroxylation is 2. The molecule has 0 aliphatic rings. The predicted molar refractivity (Wildman–Crippen MR) is 135 cm³/mol. The highest BCUT2D eigenvalue weighted by atomic mass is 32.2. The summed E-state index contributed by atoms with van der Waals surface area (Å²) in [6.45, 7) is 13.3. The van der Waals surface area contributed by atoms with Crippen molar-refractivity contribution >= 4 is 37.5 Å². The Morgan fingerprint density at radius 2 is 1.76 bits per heavy atom. The highest BCUT2D eigenvalue weighted by molar-refractivity contribution is 7.89. The van der Waals surface area contributed by atoms with Gasteiger partial charge < -0.3 is 4.57 Å². The molecule has 33 heavy (non-hydrogen) atoms. The van der Waals surface area contributed by atoms with Crippen molar-refractivity contribution in [2.45, 2.75) is 52.0 Å². The van der Waals surface area contributed by atoms with Crippen molar-refractivity contribution in [3.8, 4) is 0 Å². The summed E-state index contributed by atoms with van der Waals surface area (Å²) in [6.07, 6.45) is 3.27. The summed E-state index contributed by atoms with van der Waals surface area (Å²) in [6, 6.07) is 10.3. The number of nitrogens with zero attached hydrogens (tertiary/aromatic N) is 3. The fourth-order valence-electron chi connectivity index (χ4n) is 3.90. The zero-order valence-electron chi connectivity index (χ0n) is 19.7. The number of hydrogen-bond donors (Lipinski definition) is 0. The lowest BCUT2D eigenvalue weighted by Gasteiger charge is -2.21. The van der Waals surface area contributed by atoms with E-state index in [1.54, 1.807) is 6.08 Å². The molecule has 0 bridgehead atoms. The SMILES string of the molecule is C=CCn1c(=NC(=O)c2ccc(S(=O)(=O)N(CCC)CCC)cc2)sc2cc(C)cc(C)c21. The smallest absolute Gasteiger partial charge is 0.279 e. The normalized spacial score (nSPS) is 12.6. The number of carbonyl (C=O) groups excluding carboxylic acids is 1. The van der Waals surface area contributed by atoms with E-state index in [9.17, 15) is 13.2 Å². The van der Waals surface area contributed by atoms with Crippen LogP contribution >= 0.6 is 11.3 Å². The van der Waals surface area contributed by atoms with E-state index in [0.29, 0.717) is 30.0 Å². The third-order valence-corrected chi connectivity index (χ3v) is 8.24. The molecule has 0 spiro atoms. The summed E-state index contributed by atoms with van der Waals surface area (Å²) >= 11 is 1.46. The summed E-state index contributed by atoms with van der Waals surface area (Å²) in [5.74, 6) is -0.406. The number of carbonyl (C=O) groups is 1. The Bertz CT molecular complexity index is 1330. The van der Waals surface area contributed by atoms with E-state index >= 15 is 0 Å². The number of amides is 1. The minimum atomic E-state index is -3.59. The minimum absolute atomic E-state index is 0.190. The van der Waals surface area contributed by atoms with Crippen molar-refractivity contribution in [2.75, 3.05) is 13.1 Å². The number of thiazole rings is 1. The van der Waals surface area contributed by atoms with Crippen LogP contribution in [-0.4, -0.2) is 36.3 Å². The average molecular weight is 486 g/mol. The minimum Gasteiger partial charge on any atom is -0.312 e. The van der Waals surface area contributed by atoms with Crippen LogP contribution in [0.3, 0.4) is 0 Å². The van der Waals surface area contributed by atoms with Crippen molar-refractivity contribution < 1.29 is 13.2 Å². The largest absolute Gasteiger partial charge is 0.312 e. The van der Waals surface area contributed by atoms with Crippen molar-refractivity contribution in [1.29, 1.82) is 0 Å². The number of aromatic nitrogens is 1. The third-order valence-electron chi connectivity index (χ3n) is 5.31. The van der Waals surface area contributed by atoms with E-state index in [1.807, 2.05) is 32.3 Å². The monoisotopic (exact) mass is 485 g/mol. The van der Waals surface area contributed by atoms with Crippen LogP contribution in [0.1, 0.15) is 48.2 Å². The Hall–Kier alpha value is -2.55. The van der Waals surface area contributed by atoms with E-state index in [4.69, 9.17) is 0 Å². The fraction of sp³-hybridized carbons (Fsp3) is 0.360. The Kier molecular flexibility index (Phi) is 8.05. The maximum atomic E-state index is 13.0. The molecule has 0 unspecified atom stereocenters. The summed E-state index contributed by atoms with van der Waals surface area (Å²) < 4.78 is 30.5. The molecule has 1 amide bonds. The van der Waals surface area contributed by atoms with Crippen LogP contribution in [0.4, 0.5) is 0 Å². The maximum absolute atomic E-state index is 13.0. The van der Waals surface area contributed by atoms with Gasteiger partial charge in [0.15, 0.2) is 4.80 Å². The van der Waals surface area contributed by atoms with Crippen LogP contribution in [0.15, 0.2) is 58.9 Å². The molecule has 0 saturated heterocycles. The van der Waals surface area contributed by atoms with Gasteiger partial charge in [0.05, 0.1) is 15.1 Å². The van der Waals surface area contributed by atoms with Gasteiger partial charge in [0.1, 0.15) is 0 Å². The zero-order chi connectivity index (χ0) is 24.2. The predicted octanol–water partition coefficient (Wildman–Crippen LogP) is 5.06. The molecule has 3 rings (SSSR count). The molecular formula is C25H31N3O3S2. The molecule has 0 radical (unpaired) electrons. The number of rotatable bonds is 9. The van der Waals surface area contributed by atoms with E-state index in [1.165, 1.54) is 39.9 Å². The zero-order valence-corrected chi connectivity index (χ0v) is 21.3. The van der Waals surface area contributed by atoms with E-state index in [0.717, 1.165) is 34.2 Å². The molecule has 1 aromatic heterocycles. The van der Waals surface area contributed by atoms with E-state index in [2.05, 4.69) is 23.7 Å². The number of benzene rings is 2. The maximum Gasteiger partial charge on any atom is 0.279 e. The topological polar surface area (TPSA) is 71.7 Å². The third kappa shape index (κ3) is 5.34. The summed E-state index contributed by atoms with van der Waals surface area (Å²) in [5, 5.41) is 0. The van der Waals surface area contributed by atoms with Gasteiger partial charge in [-0.05, 0) is 68.1 Å². The summed E-state index contributed by atoms with van der Waals surface area (Å²) in [4.78, 5) is 18.1. The van der Waals surface area contributed by atoms with Crippen molar-refractivity contribution in [3.05, 3.63) is 70.5 Å². The van der Waals surface area contributed by atoms with Gasteiger partial charge in [0, 0.05) is 25.2 Å². The molecule has 0 N–H and O–H groups in total. The Morgan fingerprint density at radius 3 is 2.33 bits per heavy atom. The second-order valence-electron chi connectivity index (χ2n) is 8.06. The van der Waals surface area contributed by atoms with Gasteiger partial charge in [0.2, 0.25) is 10.0 Å². The standard InChI is InChI=1S/C25H31N3O3S2/c1-6-13-27(14-7-2)33(30,31)21-11-9-20(10-12-21)24(29)26-25-28(15-8-3)23-19(5)16-18(4)17-22(23)32-25/h8-12,16-17H,3,6-7,13-15H2,1-2,4-5H3. The lowest BCUT2D eigenvalue weighted by molar-refractivity contribution is 0.0997. The molecular weight excluding hydrogens is 454 g/mol. The highest BCUT2D eigenvalue weighted by Gasteiger charge is 2.23. The fourth-order valence-corrected chi connectivity index (χ4v) is 6.73. The Labute approximate surface area is 200 Å². The van der Waals surface area contributed by atoms with Gasteiger partial charge in [-0.2, -0.15) is 9.30 Å². The van der Waals surface area contributed by atoms with Gasteiger partial charge in [0.25, 0.3) is 5.91 Å². The molecule has 3 aromatic rings. The summed E-state index contributed by atoms with van der Waals surface area (Å²) in [5.41, 5.74) is 3.67. The number of hydrogen-bond acceptors (Lipinski definition) is 4. The van der Waals surface area contributed by atoms with Crippen LogP contribution in [0.5, 0.6) is 0 Å². The molecule has 2 aromatic carbocycles. The van der Waals surface area contributed by atoms with Crippen LogP contribution in [0.25, 0.3) is 10.2 Å². The Balaban J connectivity index is 1.99. The van der Waals surface area contributed by atoms with Crippen molar-refractivity contribution in [2.24, 2.45) is 4.99 Å². The first-order valence-electron chi connectivity index (χ1n) is 11.1. The second kappa shape index (κ2) is 10.6. The Morgan fingerprint density at radius 1 is 1.12 bits per heavy atom. The molecule has 0 saturated carbocycles. The van der Waals surface area contributed by atoms with Gasteiger partial charge in [-0.25, -0.2) is 8.42 Å². The highest BCUT2D eigenvalue weighted by Crippen LogP contribution is 2.23. The van der Waals surface area contributed by atoms with Crippen LogP contribution in [0, 0.1) is 13.8 Å². The lowest BCUT2D eigenvalue weighted by Crippen LogP contribution is -2.32. The average Bonchev–Trinajstić information content (AvgIpc) is 3.10. The van der Waals surface area contributed by atoms with Gasteiger partial charge >= 0.3 is 0 Å². The summed E-state index contributed by atoms with van der Waals surface area (Å²) in [7, 11) is -3.59. The van der Waals surface area contributed by atoms with E-state index < -0.39 is 15.9 Å². The van der Waals surface area contributed by atoms with Gasteiger partial charge in [-0.1, -0.05) is 37.3 Å². The van der Waals surface area contributed by atoms with Crippen LogP contribution in [-0.2, 0) is 16.6 Å². The van der Waals surface area contributed by atoms with Crippen LogP contribution < -0.4 is 4.80 Å². The molecule has 176 valence electrons. The first-order valence-corrected chi connectivity index (χ1v) is 13.4. The quantitative estimate of drug-likeness (QED) is 0.398. The molecule has 0 fully saturated rings. The van der Waals surface area contributed by atoms with Gasteiger partial charge in [-0.3, -0.25) is 4.79 Å². The molecule has 1 heterocycles. The molecule has 8 heteroatoms. The van der Waals surface area contributed by atoms with Gasteiger partial charge in [-0.15, -0.1) is 6.58 Å². The molecule has 6 nitrogen and oxygen atoms in total. The second-order valence-corrected chi connectivity index (χ2v) is 11.0. The number of allylic oxidation sites excluding steroid dienone is 1. The molecule has 0 atom stereocenters. The van der Waals surface area contributed by atoms with E-state index in [-0.39, 0.29) is 4.90 Å². The lowest BCUT2D eigenvalue weighted by atomic mass is 10.1. The van der Waals surface area contributed by atoms with Crippen LogP contribution in [0.2, 0.25) is 0 Å². The first kappa shape index (κ1) is 25.1. The van der Waals surface area contributed by atoms with Crippen molar-refractivity contribution in [1.82, 2.24) is 8.87 Å². The molecule has 0 aliphatic carbocycles. The number of sulfonamides is 1. The van der Waals surface area contributed by atoms with Crippen molar-refractivity contribution in [3.63, 3.8) is 0 Å².